The summed E-state index contributed by atoms with van der Waals surface area (Å²) in [6, 6.07) is 0. The zero-order valence-corrected chi connectivity index (χ0v) is 15.1. The molecule has 0 aliphatic heterocycles. The third kappa shape index (κ3) is 3.60. The summed E-state index contributed by atoms with van der Waals surface area (Å²) >= 11 is 0. The van der Waals surface area contributed by atoms with E-state index >= 15 is 0 Å². The summed E-state index contributed by atoms with van der Waals surface area (Å²) in [6.07, 6.45) is 7.44. The van der Waals surface area contributed by atoms with E-state index in [1.807, 2.05) is 0 Å². The van der Waals surface area contributed by atoms with Gasteiger partial charge in [0, 0.05) is 0 Å². The van der Waals surface area contributed by atoms with Gasteiger partial charge in [-0.1, -0.05) is 54.9 Å². The zero-order valence-electron chi connectivity index (χ0n) is 15.1. The van der Waals surface area contributed by atoms with Crippen molar-refractivity contribution < 1.29 is 0 Å². The second-order valence-corrected chi connectivity index (χ2v) is 9.52. The largest absolute Gasteiger partial charge is 0.0651 e. The van der Waals surface area contributed by atoms with Crippen molar-refractivity contribution in [2.24, 2.45) is 46.8 Å². The number of rotatable bonds is 6. The Balaban J connectivity index is 1.85. The average molecular weight is 279 g/mol. The number of hydrogen-bond acceptors (Lipinski definition) is 0. The lowest BCUT2D eigenvalue weighted by Crippen LogP contribution is -2.40. The minimum Gasteiger partial charge on any atom is -0.0651 e. The van der Waals surface area contributed by atoms with Crippen LogP contribution in [0.2, 0.25) is 0 Å². The maximum Gasteiger partial charge on any atom is -0.0331 e. The minimum absolute atomic E-state index is 0.539. The van der Waals surface area contributed by atoms with Gasteiger partial charge in [0.2, 0.25) is 0 Å². The Morgan fingerprint density at radius 1 is 1.00 bits per heavy atom. The molecule has 4 atom stereocenters. The van der Waals surface area contributed by atoms with Gasteiger partial charge in [0.25, 0.3) is 0 Å². The van der Waals surface area contributed by atoms with Crippen molar-refractivity contribution in [1.29, 1.82) is 0 Å². The van der Waals surface area contributed by atoms with Crippen LogP contribution < -0.4 is 0 Å². The summed E-state index contributed by atoms with van der Waals surface area (Å²) < 4.78 is 0. The second kappa shape index (κ2) is 6.01. The van der Waals surface area contributed by atoms with Gasteiger partial charge in [-0.3, -0.25) is 0 Å². The molecule has 118 valence electrons. The molecule has 0 heterocycles. The quantitative estimate of drug-likeness (QED) is 0.527. The topological polar surface area (TPSA) is 0 Å². The fourth-order valence-electron chi connectivity index (χ4n) is 4.77. The molecule has 0 bridgehead atoms. The maximum atomic E-state index is 2.48. The van der Waals surface area contributed by atoms with Crippen molar-refractivity contribution in [2.45, 2.75) is 80.6 Å². The van der Waals surface area contributed by atoms with E-state index in [1.165, 1.54) is 25.7 Å². The molecule has 0 aromatic heterocycles. The highest BCUT2D eigenvalue weighted by Crippen LogP contribution is 2.59. The van der Waals surface area contributed by atoms with Crippen LogP contribution in [0.3, 0.4) is 0 Å². The Bertz CT molecular complexity index is 302. The van der Waals surface area contributed by atoms with Crippen LogP contribution in [-0.2, 0) is 0 Å². The van der Waals surface area contributed by atoms with Crippen LogP contribution in [0.4, 0.5) is 0 Å². The minimum atomic E-state index is 0.539. The molecule has 0 heteroatoms. The molecule has 2 aliphatic carbocycles. The molecule has 2 fully saturated rings. The second-order valence-electron chi connectivity index (χ2n) is 9.52. The average Bonchev–Trinajstić information content (AvgIpc) is 2.98. The summed E-state index contributed by atoms with van der Waals surface area (Å²) in [5.74, 6) is 7.06. The van der Waals surface area contributed by atoms with Gasteiger partial charge in [-0.2, -0.15) is 0 Å². The Morgan fingerprint density at radius 3 is 2.05 bits per heavy atom. The normalized spacial score (nSPS) is 36.6. The highest BCUT2D eigenvalue weighted by Gasteiger charge is 2.50. The first kappa shape index (κ1) is 16.4. The van der Waals surface area contributed by atoms with Gasteiger partial charge < -0.3 is 0 Å². The SMILES string of the molecule is CCC(C)CC1CC1C(C(C)C)C1CC(C(C)(C)C)C1. The summed E-state index contributed by atoms with van der Waals surface area (Å²) in [4.78, 5) is 0. The van der Waals surface area contributed by atoms with Crippen molar-refractivity contribution in [2.75, 3.05) is 0 Å². The molecule has 0 aromatic rings. The molecule has 2 saturated carbocycles. The van der Waals surface area contributed by atoms with Gasteiger partial charge in [0.05, 0.1) is 0 Å². The monoisotopic (exact) mass is 278 g/mol. The molecular formula is C20H38. The third-order valence-corrected chi connectivity index (χ3v) is 6.59. The van der Waals surface area contributed by atoms with Crippen molar-refractivity contribution >= 4 is 0 Å². The van der Waals surface area contributed by atoms with Crippen molar-refractivity contribution in [3.63, 3.8) is 0 Å². The highest BCUT2D eigenvalue weighted by molar-refractivity contribution is 5.00. The molecule has 0 nitrogen and oxygen atoms in total. The van der Waals surface area contributed by atoms with Crippen molar-refractivity contribution in [3.8, 4) is 0 Å². The zero-order chi connectivity index (χ0) is 15.1. The lowest BCUT2D eigenvalue weighted by molar-refractivity contribution is 0.0138. The van der Waals surface area contributed by atoms with Crippen molar-refractivity contribution in [3.05, 3.63) is 0 Å². The first-order valence-electron chi connectivity index (χ1n) is 9.24. The lowest BCUT2D eigenvalue weighted by atomic mass is 9.57. The molecule has 0 N–H and O–H groups in total. The van der Waals surface area contributed by atoms with Gasteiger partial charge in [0.15, 0.2) is 0 Å². The van der Waals surface area contributed by atoms with Crippen LogP contribution in [0.1, 0.15) is 80.6 Å². The van der Waals surface area contributed by atoms with Crippen LogP contribution in [-0.4, -0.2) is 0 Å². The molecule has 4 unspecified atom stereocenters. The fourth-order valence-corrected chi connectivity index (χ4v) is 4.77. The first-order valence-corrected chi connectivity index (χ1v) is 9.24. The summed E-state index contributed by atoms with van der Waals surface area (Å²) in [5.41, 5.74) is 0.539. The first-order chi connectivity index (χ1) is 9.24. The van der Waals surface area contributed by atoms with Crippen molar-refractivity contribution in [1.82, 2.24) is 0 Å². The highest BCUT2D eigenvalue weighted by atomic mass is 14.6. The molecule has 20 heavy (non-hydrogen) atoms. The van der Waals surface area contributed by atoms with Gasteiger partial charge in [-0.15, -0.1) is 0 Å². The van der Waals surface area contributed by atoms with Gasteiger partial charge in [0.1, 0.15) is 0 Å². The van der Waals surface area contributed by atoms with Gasteiger partial charge >= 0.3 is 0 Å². The Kier molecular flexibility index (Phi) is 4.92. The molecular weight excluding hydrogens is 240 g/mol. The lowest BCUT2D eigenvalue weighted by Gasteiger charge is -2.48. The number of hydrogen-bond donors (Lipinski definition) is 0. The molecule has 0 aromatic carbocycles. The summed E-state index contributed by atoms with van der Waals surface area (Å²) in [6.45, 7) is 17.0. The van der Waals surface area contributed by atoms with Crippen LogP contribution in [0, 0.1) is 46.8 Å². The smallest absolute Gasteiger partial charge is 0.0331 e. The predicted molar refractivity (Wildman–Crippen MR) is 89.7 cm³/mol. The Morgan fingerprint density at radius 2 is 1.60 bits per heavy atom. The molecule has 2 aliphatic rings. The van der Waals surface area contributed by atoms with E-state index in [0.29, 0.717) is 5.41 Å². The van der Waals surface area contributed by atoms with Crippen LogP contribution >= 0.6 is 0 Å². The Labute approximate surface area is 128 Å². The Hall–Kier alpha value is 0. The molecule has 0 spiro atoms. The van der Waals surface area contributed by atoms with E-state index in [9.17, 15) is 0 Å². The third-order valence-electron chi connectivity index (χ3n) is 6.59. The summed E-state index contributed by atoms with van der Waals surface area (Å²) in [7, 11) is 0. The molecule has 0 saturated heterocycles. The standard InChI is InChI=1S/C20H38/c1-8-14(4)9-15-12-18(15)19(13(2)3)16-10-17(11-16)20(5,6)7/h13-19H,8-12H2,1-7H3. The van der Waals surface area contributed by atoms with Gasteiger partial charge in [-0.25, -0.2) is 0 Å². The molecule has 0 radical (unpaired) electrons. The van der Waals surface area contributed by atoms with E-state index in [-0.39, 0.29) is 0 Å². The van der Waals surface area contributed by atoms with Crippen LogP contribution in [0.5, 0.6) is 0 Å². The predicted octanol–water partition coefficient (Wildman–Crippen LogP) is 6.40. The maximum absolute atomic E-state index is 2.48. The van der Waals surface area contributed by atoms with E-state index in [2.05, 4.69) is 48.5 Å². The van der Waals surface area contributed by atoms with E-state index in [4.69, 9.17) is 0 Å². The van der Waals surface area contributed by atoms with E-state index in [1.54, 1.807) is 6.42 Å². The molecule has 2 rings (SSSR count). The van der Waals surface area contributed by atoms with Gasteiger partial charge in [-0.05, 0) is 72.5 Å². The van der Waals surface area contributed by atoms with Crippen LogP contribution in [0.25, 0.3) is 0 Å². The van der Waals surface area contributed by atoms with E-state index < -0.39 is 0 Å². The van der Waals surface area contributed by atoms with E-state index in [0.717, 1.165) is 41.4 Å². The summed E-state index contributed by atoms with van der Waals surface area (Å²) in [5, 5.41) is 0. The van der Waals surface area contributed by atoms with Crippen LogP contribution in [0.15, 0.2) is 0 Å². The fraction of sp³-hybridized carbons (Fsp3) is 1.00. The molecule has 0 amide bonds.